The molecule has 0 radical (unpaired) electrons. The molecule has 1 amide bonds. The second-order valence-corrected chi connectivity index (χ2v) is 7.93. The standard InChI is InChI=1S/C15H13Cl3N2O4S/c1-8-4-11(18)14(6-13(8)24-7-15(19)21)25(22,23)20-12-5-9(16)2-3-10(12)17/h2-6,20H,7H2,1H3,(H2,19,21). The van der Waals surface area contributed by atoms with Crippen LogP contribution in [0.1, 0.15) is 5.56 Å². The zero-order chi connectivity index (χ0) is 18.8. The van der Waals surface area contributed by atoms with Crippen molar-refractivity contribution in [2.24, 2.45) is 5.73 Å². The second-order valence-electron chi connectivity index (χ2n) is 5.03. The van der Waals surface area contributed by atoms with E-state index in [1.165, 1.54) is 30.3 Å². The first-order valence-electron chi connectivity index (χ1n) is 6.79. The smallest absolute Gasteiger partial charge is 0.263 e. The first kappa shape index (κ1) is 19.7. The molecule has 2 aromatic carbocycles. The minimum atomic E-state index is -4.08. The third-order valence-corrected chi connectivity index (χ3v) is 5.46. The van der Waals surface area contributed by atoms with E-state index >= 15 is 0 Å². The number of amides is 1. The molecule has 6 nitrogen and oxygen atoms in total. The Labute approximate surface area is 159 Å². The number of carbonyl (C=O) groups is 1. The Morgan fingerprint density at radius 2 is 1.84 bits per heavy atom. The lowest BCUT2D eigenvalue weighted by molar-refractivity contribution is -0.119. The summed E-state index contributed by atoms with van der Waals surface area (Å²) in [5.41, 5.74) is 5.68. The quantitative estimate of drug-likeness (QED) is 0.741. The summed E-state index contributed by atoms with van der Waals surface area (Å²) < 4.78 is 32.8. The van der Waals surface area contributed by atoms with Crippen molar-refractivity contribution in [3.8, 4) is 5.75 Å². The van der Waals surface area contributed by atoms with Gasteiger partial charge in [-0.2, -0.15) is 0 Å². The maximum absolute atomic E-state index is 12.6. The van der Waals surface area contributed by atoms with Crippen molar-refractivity contribution < 1.29 is 17.9 Å². The Balaban J connectivity index is 2.42. The molecule has 0 atom stereocenters. The normalized spacial score (nSPS) is 11.2. The van der Waals surface area contributed by atoms with E-state index < -0.39 is 22.5 Å². The van der Waals surface area contributed by atoms with Gasteiger partial charge in [-0.05, 0) is 36.8 Å². The topological polar surface area (TPSA) is 98.5 Å². The lowest BCUT2D eigenvalue weighted by Gasteiger charge is -2.14. The minimum Gasteiger partial charge on any atom is -0.483 e. The second kappa shape index (κ2) is 7.70. The van der Waals surface area contributed by atoms with E-state index in [1.54, 1.807) is 6.92 Å². The van der Waals surface area contributed by atoms with Crippen molar-refractivity contribution in [2.75, 3.05) is 11.3 Å². The molecule has 0 heterocycles. The molecular formula is C15H13Cl3N2O4S. The Kier molecular flexibility index (Phi) is 6.05. The van der Waals surface area contributed by atoms with Crippen LogP contribution in [0.4, 0.5) is 5.69 Å². The number of benzene rings is 2. The summed E-state index contributed by atoms with van der Waals surface area (Å²) in [4.78, 5) is 10.6. The Hall–Kier alpha value is -1.67. The van der Waals surface area contributed by atoms with E-state index in [9.17, 15) is 13.2 Å². The van der Waals surface area contributed by atoms with Crippen molar-refractivity contribution in [1.82, 2.24) is 0 Å². The Morgan fingerprint density at radius 3 is 2.48 bits per heavy atom. The van der Waals surface area contributed by atoms with Crippen molar-refractivity contribution in [3.63, 3.8) is 0 Å². The highest BCUT2D eigenvalue weighted by atomic mass is 35.5. The molecule has 2 rings (SSSR count). The fourth-order valence-corrected chi connectivity index (χ4v) is 3.98. The van der Waals surface area contributed by atoms with Gasteiger partial charge in [-0.25, -0.2) is 8.42 Å². The van der Waals surface area contributed by atoms with Gasteiger partial charge in [-0.1, -0.05) is 34.8 Å². The minimum absolute atomic E-state index is 0.0189. The van der Waals surface area contributed by atoms with E-state index in [0.29, 0.717) is 10.6 Å². The molecule has 0 unspecified atom stereocenters. The van der Waals surface area contributed by atoms with E-state index in [1.807, 2.05) is 0 Å². The van der Waals surface area contributed by atoms with Crippen molar-refractivity contribution >= 4 is 56.4 Å². The summed E-state index contributed by atoms with van der Waals surface area (Å²) in [5, 5.41) is 0.457. The number of aryl methyl sites for hydroxylation is 1. The van der Waals surface area contributed by atoms with E-state index in [4.69, 9.17) is 45.3 Å². The summed E-state index contributed by atoms with van der Waals surface area (Å²) >= 11 is 17.9. The summed E-state index contributed by atoms with van der Waals surface area (Å²) in [7, 11) is -4.08. The predicted molar refractivity (Wildman–Crippen MR) is 98.1 cm³/mol. The number of halogens is 3. The van der Waals surface area contributed by atoms with Crippen LogP contribution in [-0.4, -0.2) is 20.9 Å². The number of nitrogens with two attached hydrogens (primary N) is 1. The molecule has 25 heavy (non-hydrogen) atoms. The zero-order valence-electron chi connectivity index (χ0n) is 12.8. The molecule has 0 saturated carbocycles. The van der Waals surface area contributed by atoms with E-state index in [-0.39, 0.29) is 26.4 Å². The van der Waals surface area contributed by atoms with Gasteiger partial charge in [0.15, 0.2) is 6.61 Å². The first-order chi connectivity index (χ1) is 11.6. The number of anilines is 1. The molecule has 0 aliphatic carbocycles. The molecule has 0 spiro atoms. The number of rotatable bonds is 6. The maximum atomic E-state index is 12.6. The largest absolute Gasteiger partial charge is 0.483 e. The summed E-state index contributed by atoms with van der Waals surface area (Å²) in [5.74, 6) is -0.525. The molecule has 0 fully saturated rings. The van der Waals surface area contributed by atoms with Crippen LogP contribution in [0.3, 0.4) is 0 Å². The van der Waals surface area contributed by atoms with Crippen LogP contribution < -0.4 is 15.2 Å². The molecule has 0 aliphatic heterocycles. The Morgan fingerprint density at radius 1 is 1.16 bits per heavy atom. The maximum Gasteiger partial charge on any atom is 0.263 e. The summed E-state index contributed by atoms with van der Waals surface area (Å²) in [6, 6.07) is 6.97. The van der Waals surface area contributed by atoms with Crippen LogP contribution in [0.25, 0.3) is 0 Å². The van der Waals surface area contributed by atoms with Gasteiger partial charge in [-0.3, -0.25) is 9.52 Å². The number of nitrogens with one attached hydrogen (secondary N) is 1. The number of ether oxygens (including phenoxy) is 1. The molecule has 3 N–H and O–H groups in total. The zero-order valence-corrected chi connectivity index (χ0v) is 15.9. The SMILES string of the molecule is Cc1cc(Cl)c(S(=O)(=O)Nc2cc(Cl)ccc2Cl)cc1OCC(N)=O. The predicted octanol–water partition coefficient (Wildman–Crippen LogP) is 3.62. The van der Waals surface area contributed by atoms with E-state index in [0.717, 1.165) is 0 Å². The van der Waals surface area contributed by atoms with Gasteiger partial charge in [0.2, 0.25) is 0 Å². The van der Waals surface area contributed by atoms with Gasteiger partial charge < -0.3 is 10.5 Å². The number of carbonyl (C=O) groups excluding carboxylic acids is 1. The van der Waals surface area contributed by atoms with Crippen LogP contribution in [0, 0.1) is 6.92 Å². The van der Waals surface area contributed by atoms with Crippen LogP contribution in [0.5, 0.6) is 5.75 Å². The molecule has 0 aliphatic rings. The van der Waals surface area contributed by atoms with Gasteiger partial charge in [0.25, 0.3) is 15.9 Å². The van der Waals surface area contributed by atoms with Gasteiger partial charge in [0.05, 0.1) is 15.7 Å². The molecule has 0 aromatic heterocycles. The highest BCUT2D eigenvalue weighted by Crippen LogP contribution is 2.33. The van der Waals surface area contributed by atoms with E-state index in [2.05, 4.69) is 4.72 Å². The third kappa shape index (κ3) is 4.92. The fourth-order valence-electron chi connectivity index (χ4n) is 1.92. The van der Waals surface area contributed by atoms with Crippen LogP contribution in [0.2, 0.25) is 15.1 Å². The third-order valence-electron chi connectivity index (χ3n) is 3.06. The average molecular weight is 424 g/mol. The van der Waals surface area contributed by atoms with Crippen molar-refractivity contribution in [3.05, 3.63) is 51.0 Å². The van der Waals surface area contributed by atoms with Gasteiger partial charge in [0.1, 0.15) is 10.6 Å². The summed E-state index contributed by atoms with van der Waals surface area (Å²) in [6.07, 6.45) is 0. The summed E-state index contributed by atoms with van der Waals surface area (Å²) in [6.45, 7) is 1.26. The van der Waals surface area contributed by atoms with Crippen molar-refractivity contribution in [1.29, 1.82) is 0 Å². The number of sulfonamides is 1. The average Bonchev–Trinajstić information content (AvgIpc) is 2.49. The lowest BCUT2D eigenvalue weighted by atomic mass is 10.2. The Bertz CT molecular complexity index is 933. The van der Waals surface area contributed by atoms with Crippen LogP contribution >= 0.6 is 34.8 Å². The van der Waals surface area contributed by atoms with Gasteiger partial charge in [-0.15, -0.1) is 0 Å². The van der Waals surface area contributed by atoms with Gasteiger partial charge >= 0.3 is 0 Å². The molecule has 134 valence electrons. The highest BCUT2D eigenvalue weighted by molar-refractivity contribution is 7.92. The van der Waals surface area contributed by atoms with Crippen molar-refractivity contribution in [2.45, 2.75) is 11.8 Å². The van der Waals surface area contributed by atoms with Gasteiger partial charge in [0, 0.05) is 11.1 Å². The number of primary amides is 1. The molecule has 10 heteroatoms. The lowest BCUT2D eigenvalue weighted by Crippen LogP contribution is -2.20. The van der Waals surface area contributed by atoms with Crippen LogP contribution in [0.15, 0.2) is 35.2 Å². The highest BCUT2D eigenvalue weighted by Gasteiger charge is 2.22. The monoisotopic (exact) mass is 422 g/mol. The molecule has 0 bridgehead atoms. The molecular weight excluding hydrogens is 411 g/mol. The number of hydrogen-bond acceptors (Lipinski definition) is 4. The number of hydrogen-bond donors (Lipinski definition) is 2. The first-order valence-corrected chi connectivity index (χ1v) is 9.41. The molecule has 2 aromatic rings. The van der Waals surface area contributed by atoms with Crippen LogP contribution in [-0.2, 0) is 14.8 Å². The molecule has 0 saturated heterocycles. The fraction of sp³-hybridized carbons (Fsp3) is 0.133.